The normalized spacial score (nSPS) is 10.4. The van der Waals surface area contributed by atoms with Crippen LogP contribution in [0.25, 0.3) is 9.75 Å². The summed E-state index contributed by atoms with van der Waals surface area (Å²) >= 11 is 3.73. The van der Waals surface area contributed by atoms with E-state index >= 15 is 0 Å². The van der Waals surface area contributed by atoms with E-state index in [0.717, 1.165) is 0 Å². The van der Waals surface area contributed by atoms with Crippen LogP contribution >= 0.6 is 22.7 Å². The Morgan fingerprint density at radius 2 is 1.35 bits per heavy atom. The molecule has 0 spiro atoms. The van der Waals surface area contributed by atoms with E-state index in [9.17, 15) is 0 Å². The Balaban J connectivity index is 0.000000322. The summed E-state index contributed by atoms with van der Waals surface area (Å²) in [7, 11) is 0. The van der Waals surface area contributed by atoms with Crippen molar-refractivity contribution in [1.29, 1.82) is 0 Å². The Hall–Kier alpha value is -0.600. The molecule has 0 nitrogen and oxygen atoms in total. The topological polar surface area (TPSA) is 0 Å². The summed E-state index contributed by atoms with van der Waals surface area (Å²) in [6, 6.07) is 6.66. The summed E-state index contributed by atoms with van der Waals surface area (Å²) < 4.78 is 0. The van der Waals surface area contributed by atoms with E-state index in [1.807, 2.05) is 22.7 Å². The lowest BCUT2D eigenvalue weighted by Crippen LogP contribution is -1.85. The van der Waals surface area contributed by atoms with E-state index < -0.39 is 0 Å². The smallest absolute Gasteiger partial charge is 0.0474 e. The van der Waals surface area contributed by atoms with Crippen molar-refractivity contribution < 1.29 is 0 Å². The van der Waals surface area contributed by atoms with Gasteiger partial charge in [0.05, 0.1) is 0 Å². The van der Waals surface area contributed by atoms with Crippen LogP contribution in [-0.4, -0.2) is 0 Å². The van der Waals surface area contributed by atoms with Crippen molar-refractivity contribution in [3.05, 3.63) is 34.5 Å². The highest BCUT2D eigenvalue weighted by Crippen LogP contribution is 2.33. The first kappa shape index (κ1) is 20.4. The van der Waals surface area contributed by atoms with E-state index in [4.69, 9.17) is 0 Å². The Kier molecular flexibility index (Phi) is 12.3. The maximum absolute atomic E-state index is 2.30. The molecule has 0 fully saturated rings. The predicted molar refractivity (Wildman–Crippen MR) is 110 cm³/mol. The predicted octanol–water partition coefficient (Wildman–Crippen LogP) is 8.58. The molecule has 0 saturated carbocycles. The van der Waals surface area contributed by atoms with Gasteiger partial charge in [0, 0.05) is 9.75 Å². The molecule has 0 radical (unpaired) electrons. The van der Waals surface area contributed by atoms with Crippen molar-refractivity contribution >= 4 is 22.7 Å². The first-order chi connectivity index (χ1) is 11.3. The molecule has 2 aromatic heterocycles. The first-order valence-corrected chi connectivity index (χ1v) is 11.2. The Morgan fingerprint density at radius 3 is 1.91 bits per heavy atom. The van der Waals surface area contributed by atoms with E-state index in [0.29, 0.717) is 0 Å². The second-order valence-corrected chi connectivity index (χ2v) is 7.99. The van der Waals surface area contributed by atoms with E-state index in [1.54, 1.807) is 5.56 Å². The minimum Gasteiger partial charge on any atom is -0.143 e. The standard InChI is InChI=1S/C14H18S2.C7H16/c1-2-3-4-5-7-12-9-11-16-14(12)13-8-6-10-15-13;1-3-5-7-6-4-2/h6,8-11H,2-5,7H2,1H3;3-7H2,1-2H3. The summed E-state index contributed by atoms with van der Waals surface area (Å²) in [5, 5.41) is 4.39. The third kappa shape index (κ3) is 8.72. The molecular weight excluding hydrogens is 316 g/mol. The average molecular weight is 351 g/mol. The highest BCUT2D eigenvalue weighted by Gasteiger charge is 2.07. The van der Waals surface area contributed by atoms with Crippen LogP contribution in [0.1, 0.15) is 84.1 Å². The second-order valence-electron chi connectivity index (χ2n) is 6.12. The number of hydrogen-bond acceptors (Lipinski definition) is 2. The number of thiophene rings is 2. The van der Waals surface area contributed by atoms with Gasteiger partial charge < -0.3 is 0 Å². The first-order valence-electron chi connectivity index (χ1n) is 9.43. The van der Waals surface area contributed by atoms with Gasteiger partial charge in [-0.3, -0.25) is 0 Å². The largest absolute Gasteiger partial charge is 0.143 e. The molecule has 23 heavy (non-hydrogen) atoms. The summed E-state index contributed by atoms with van der Waals surface area (Å²) in [6.07, 6.45) is 13.7. The van der Waals surface area contributed by atoms with Gasteiger partial charge in [0.2, 0.25) is 0 Å². The van der Waals surface area contributed by atoms with Gasteiger partial charge >= 0.3 is 0 Å². The summed E-state index contributed by atoms with van der Waals surface area (Å²) in [6.45, 7) is 6.76. The Morgan fingerprint density at radius 1 is 0.696 bits per heavy atom. The van der Waals surface area contributed by atoms with E-state index in [2.05, 4.69) is 49.7 Å². The number of aryl methyl sites for hydroxylation is 1. The molecule has 0 saturated heterocycles. The second kappa shape index (κ2) is 13.8. The van der Waals surface area contributed by atoms with Crippen LogP contribution in [0, 0.1) is 0 Å². The SMILES string of the molecule is CCCCCCC.CCCCCCc1ccsc1-c1cccs1. The van der Waals surface area contributed by atoms with Crippen LogP contribution in [0.4, 0.5) is 0 Å². The van der Waals surface area contributed by atoms with E-state index in [-0.39, 0.29) is 0 Å². The third-order valence-electron chi connectivity index (χ3n) is 4.00. The van der Waals surface area contributed by atoms with Crippen molar-refractivity contribution in [1.82, 2.24) is 0 Å². The van der Waals surface area contributed by atoms with Crippen LogP contribution in [0.2, 0.25) is 0 Å². The highest BCUT2D eigenvalue weighted by molar-refractivity contribution is 7.20. The molecule has 2 rings (SSSR count). The quantitative estimate of drug-likeness (QED) is 0.376. The third-order valence-corrected chi connectivity index (χ3v) is 6.01. The fraction of sp³-hybridized carbons (Fsp3) is 0.619. The lowest BCUT2D eigenvalue weighted by molar-refractivity contribution is 0.656. The molecule has 0 aromatic carbocycles. The lowest BCUT2D eigenvalue weighted by Gasteiger charge is -2.01. The van der Waals surface area contributed by atoms with Crippen LogP contribution < -0.4 is 0 Å². The molecule has 0 atom stereocenters. The van der Waals surface area contributed by atoms with Crippen LogP contribution in [-0.2, 0) is 6.42 Å². The monoisotopic (exact) mass is 350 g/mol. The molecule has 2 heteroatoms. The zero-order valence-corrected chi connectivity index (χ0v) is 16.9. The van der Waals surface area contributed by atoms with Crippen LogP contribution in [0.3, 0.4) is 0 Å². The van der Waals surface area contributed by atoms with Gasteiger partial charge in [0.1, 0.15) is 0 Å². The van der Waals surface area contributed by atoms with Crippen LogP contribution in [0.5, 0.6) is 0 Å². The Bertz CT molecular complexity index is 464. The fourth-order valence-corrected chi connectivity index (χ4v) is 4.44. The molecule has 130 valence electrons. The summed E-state index contributed by atoms with van der Waals surface area (Å²) in [4.78, 5) is 2.92. The summed E-state index contributed by atoms with van der Waals surface area (Å²) in [5.74, 6) is 0. The average Bonchev–Trinajstić information content (AvgIpc) is 3.23. The van der Waals surface area contributed by atoms with Gasteiger partial charge in [-0.25, -0.2) is 0 Å². The van der Waals surface area contributed by atoms with Crippen molar-refractivity contribution in [3.8, 4) is 9.75 Å². The van der Waals surface area contributed by atoms with Gasteiger partial charge in [0.25, 0.3) is 0 Å². The van der Waals surface area contributed by atoms with Crippen molar-refractivity contribution in [2.45, 2.75) is 85.0 Å². The maximum atomic E-state index is 2.30. The number of hydrogen-bond donors (Lipinski definition) is 0. The zero-order chi connectivity index (χ0) is 16.8. The lowest BCUT2D eigenvalue weighted by atomic mass is 10.1. The van der Waals surface area contributed by atoms with Crippen molar-refractivity contribution in [2.75, 3.05) is 0 Å². The minimum atomic E-state index is 1.25. The zero-order valence-electron chi connectivity index (χ0n) is 15.3. The molecule has 0 bridgehead atoms. The summed E-state index contributed by atoms with van der Waals surface area (Å²) in [5.41, 5.74) is 1.54. The van der Waals surface area contributed by atoms with Gasteiger partial charge in [-0.15, -0.1) is 22.7 Å². The molecule has 0 unspecified atom stereocenters. The molecule has 0 aliphatic heterocycles. The minimum absolute atomic E-state index is 1.25. The molecule has 0 aliphatic carbocycles. The van der Waals surface area contributed by atoms with E-state index in [1.165, 1.54) is 74.0 Å². The number of unbranched alkanes of at least 4 members (excludes halogenated alkanes) is 7. The molecular formula is C21H34S2. The molecule has 2 heterocycles. The molecule has 2 aromatic rings. The highest BCUT2D eigenvalue weighted by atomic mass is 32.1. The Labute approximate surface area is 152 Å². The molecule has 0 amide bonds. The van der Waals surface area contributed by atoms with Crippen molar-refractivity contribution in [3.63, 3.8) is 0 Å². The molecule has 0 aliphatic rings. The van der Waals surface area contributed by atoms with Gasteiger partial charge in [-0.2, -0.15) is 0 Å². The fourth-order valence-electron chi connectivity index (χ4n) is 2.58. The number of rotatable bonds is 10. The maximum Gasteiger partial charge on any atom is 0.0474 e. The van der Waals surface area contributed by atoms with Gasteiger partial charge in [0.15, 0.2) is 0 Å². The van der Waals surface area contributed by atoms with Crippen molar-refractivity contribution in [2.24, 2.45) is 0 Å². The van der Waals surface area contributed by atoms with Crippen LogP contribution in [0.15, 0.2) is 29.0 Å². The van der Waals surface area contributed by atoms with Gasteiger partial charge in [-0.1, -0.05) is 78.2 Å². The van der Waals surface area contributed by atoms with Gasteiger partial charge in [-0.05, 0) is 41.3 Å². The molecule has 0 N–H and O–H groups in total.